The Morgan fingerprint density at radius 2 is 2.00 bits per heavy atom. The van der Waals surface area contributed by atoms with Gasteiger partial charge in [-0.2, -0.15) is 4.39 Å². The Labute approximate surface area is 146 Å². The highest BCUT2D eigenvalue weighted by molar-refractivity contribution is 7.12. The number of rotatable bonds is 5. The summed E-state index contributed by atoms with van der Waals surface area (Å²) in [6.07, 6.45) is -1.13. The number of esters is 1. The predicted molar refractivity (Wildman–Crippen MR) is 90.4 cm³/mol. The molecule has 1 N–H and O–H groups in total. The number of nitrogens with one attached hydrogen (secondary N) is 1. The minimum Gasteiger partial charge on any atom is -0.449 e. The standard InChI is InChI=1S/C16H15FN2O5S/c1-8-6-12(10(3)25-8)16(21)24-9(2)15(20)18-11-4-5-13(17)14(7-11)19(22)23/h4-7,9H,1-3H3,(H,18,20)/t9-/m0/s1. The number of hydrogen-bond donors (Lipinski definition) is 1. The maximum atomic E-state index is 13.3. The molecule has 7 nitrogen and oxygen atoms in total. The molecule has 0 saturated carbocycles. The first-order chi connectivity index (χ1) is 11.7. The summed E-state index contributed by atoms with van der Waals surface area (Å²) in [6.45, 7) is 5.00. The van der Waals surface area contributed by atoms with Crippen molar-refractivity contribution < 1.29 is 23.6 Å². The van der Waals surface area contributed by atoms with Crippen molar-refractivity contribution in [1.29, 1.82) is 0 Å². The summed E-state index contributed by atoms with van der Waals surface area (Å²) in [4.78, 5) is 35.7. The quantitative estimate of drug-likeness (QED) is 0.495. The Balaban J connectivity index is 2.05. The van der Waals surface area contributed by atoms with E-state index in [2.05, 4.69) is 5.32 Å². The van der Waals surface area contributed by atoms with Gasteiger partial charge in [-0.15, -0.1) is 11.3 Å². The zero-order chi connectivity index (χ0) is 18.7. The number of hydrogen-bond acceptors (Lipinski definition) is 6. The van der Waals surface area contributed by atoms with E-state index in [1.165, 1.54) is 24.3 Å². The minimum atomic E-state index is -1.13. The van der Waals surface area contributed by atoms with Crippen LogP contribution in [0.25, 0.3) is 0 Å². The smallest absolute Gasteiger partial charge is 0.340 e. The van der Waals surface area contributed by atoms with Gasteiger partial charge in [0.05, 0.1) is 10.5 Å². The summed E-state index contributed by atoms with van der Waals surface area (Å²) in [5.74, 6) is -2.32. The van der Waals surface area contributed by atoms with E-state index >= 15 is 0 Å². The number of thiophene rings is 1. The molecule has 0 radical (unpaired) electrons. The minimum absolute atomic E-state index is 0.0311. The fourth-order valence-electron chi connectivity index (χ4n) is 2.09. The molecule has 2 rings (SSSR count). The topological polar surface area (TPSA) is 98.5 Å². The summed E-state index contributed by atoms with van der Waals surface area (Å²) >= 11 is 1.44. The van der Waals surface area contributed by atoms with E-state index < -0.39 is 34.4 Å². The van der Waals surface area contributed by atoms with Crippen LogP contribution in [-0.2, 0) is 9.53 Å². The maximum Gasteiger partial charge on any atom is 0.340 e. The second-order valence-electron chi connectivity index (χ2n) is 5.29. The average Bonchev–Trinajstić information content (AvgIpc) is 2.87. The summed E-state index contributed by atoms with van der Waals surface area (Å²) < 4.78 is 18.4. The van der Waals surface area contributed by atoms with Crippen molar-refractivity contribution in [2.24, 2.45) is 0 Å². The Bertz CT molecular complexity index is 849. The molecule has 0 unspecified atom stereocenters. The van der Waals surface area contributed by atoms with Crippen LogP contribution in [0.5, 0.6) is 0 Å². The van der Waals surface area contributed by atoms with Gasteiger partial charge >= 0.3 is 11.7 Å². The van der Waals surface area contributed by atoms with Crippen molar-refractivity contribution in [2.45, 2.75) is 26.9 Å². The van der Waals surface area contributed by atoms with E-state index in [-0.39, 0.29) is 5.69 Å². The number of carbonyl (C=O) groups excluding carboxylic acids is 2. The van der Waals surface area contributed by atoms with Crippen LogP contribution in [0.15, 0.2) is 24.3 Å². The lowest BCUT2D eigenvalue weighted by atomic mass is 10.2. The van der Waals surface area contributed by atoms with E-state index in [4.69, 9.17) is 4.74 Å². The predicted octanol–water partition coefficient (Wildman–Crippen LogP) is 3.60. The van der Waals surface area contributed by atoms with Gasteiger partial charge in [0.2, 0.25) is 5.82 Å². The molecule has 0 saturated heterocycles. The number of carbonyl (C=O) groups is 2. The second-order valence-corrected chi connectivity index (χ2v) is 6.75. The molecule has 132 valence electrons. The van der Waals surface area contributed by atoms with Crippen LogP contribution in [-0.4, -0.2) is 22.9 Å². The molecule has 2 aromatic rings. The van der Waals surface area contributed by atoms with Gasteiger partial charge in [-0.05, 0) is 39.0 Å². The van der Waals surface area contributed by atoms with E-state index in [1.807, 2.05) is 6.92 Å². The molecule has 1 amide bonds. The number of ether oxygens (including phenoxy) is 1. The number of nitro groups is 1. The Morgan fingerprint density at radius 3 is 2.56 bits per heavy atom. The highest BCUT2D eigenvalue weighted by Gasteiger charge is 2.22. The maximum absolute atomic E-state index is 13.3. The van der Waals surface area contributed by atoms with Crippen LogP contribution < -0.4 is 5.32 Å². The van der Waals surface area contributed by atoms with Gasteiger partial charge in [0, 0.05) is 21.5 Å². The number of aryl methyl sites for hydroxylation is 2. The number of amides is 1. The summed E-state index contributed by atoms with van der Waals surface area (Å²) in [6, 6.07) is 4.63. The molecule has 0 spiro atoms. The lowest BCUT2D eigenvalue weighted by molar-refractivity contribution is -0.387. The van der Waals surface area contributed by atoms with E-state index in [0.717, 1.165) is 21.9 Å². The van der Waals surface area contributed by atoms with Crippen molar-refractivity contribution in [3.8, 4) is 0 Å². The summed E-state index contributed by atoms with van der Waals surface area (Å²) in [5.41, 5.74) is -0.338. The molecule has 0 aliphatic heterocycles. The number of nitro benzene ring substituents is 1. The second kappa shape index (κ2) is 7.39. The molecule has 1 aromatic carbocycles. The van der Waals surface area contributed by atoms with Crippen LogP contribution in [0, 0.1) is 29.8 Å². The largest absolute Gasteiger partial charge is 0.449 e. The normalized spacial score (nSPS) is 11.7. The first-order valence-electron chi connectivity index (χ1n) is 7.22. The fourth-order valence-corrected chi connectivity index (χ4v) is 3.00. The van der Waals surface area contributed by atoms with Crippen molar-refractivity contribution in [3.63, 3.8) is 0 Å². The van der Waals surface area contributed by atoms with Crippen LogP contribution >= 0.6 is 11.3 Å². The molecular formula is C16H15FN2O5S. The third-order valence-electron chi connectivity index (χ3n) is 3.32. The van der Waals surface area contributed by atoms with Gasteiger partial charge in [-0.1, -0.05) is 0 Å². The summed E-state index contributed by atoms with van der Waals surface area (Å²) in [5, 5.41) is 13.1. The Kier molecular flexibility index (Phi) is 5.48. The third kappa shape index (κ3) is 4.38. The van der Waals surface area contributed by atoms with Crippen molar-refractivity contribution in [2.75, 3.05) is 5.32 Å². The lowest BCUT2D eigenvalue weighted by Crippen LogP contribution is -2.30. The molecule has 25 heavy (non-hydrogen) atoms. The van der Waals surface area contributed by atoms with E-state index in [0.29, 0.717) is 5.56 Å². The molecule has 0 aliphatic carbocycles. The number of anilines is 1. The number of benzene rings is 1. The van der Waals surface area contributed by atoms with Crippen LogP contribution in [0.2, 0.25) is 0 Å². The first-order valence-corrected chi connectivity index (χ1v) is 8.03. The SMILES string of the molecule is Cc1cc(C(=O)O[C@@H](C)C(=O)Nc2ccc(F)c([N+](=O)[O-])c2)c(C)s1. The Morgan fingerprint density at radius 1 is 1.32 bits per heavy atom. The first kappa shape index (κ1) is 18.5. The zero-order valence-electron chi connectivity index (χ0n) is 13.7. The van der Waals surface area contributed by atoms with Crippen molar-refractivity contribution in [3.05, 3.63) is 55.5 Å². The van der Waals surface area contributed by atoms with E-state index in [1.54, 1.807) is 13.0 Å². The average molecular weight is 366 g/mol. The zero-order valence-corrected chi connectivity index (χ0v) is 14.5. The fraction of sp³-hybridized carbons (Fsp3) is 0.250. The van der Waals surface area contributed by atoms with Gasteiger partial charge in [0.1, 0.15) is 0 Å². The highest BCUT2D eigenvalue weighted by atomic mass is 32.1. The molecule has 0 bridgehead atoms. The number of halogens is 1. The molecule has 0 aliphatic rings. The molecule has 9 heteroatoms. The van der Waals surface area contributed by atoms with E-state index in [9.17, 15) is 24.1 Å². The van der Waals surface area contributed by atoms with Gasteiger partial charge in [0.25, 0.3) is 5.91 Å². The van der Waals surface area contributed by atoms with Gasteiger partial charge in [0.15, 0.2) is 6.10 Å². The highest BCUT2D eigenvalue weighted by Crippen LogP contribution is 2.23. The Hall–Kier alpha value is -2.81. The lowest BCUT2D eigenvalue weighted by Gasteiger charge is -2.13. The van der Waals surface area contributed by atoms with Crippen LogP contribution in [0.3, 0.4) is 0 Å². The van der Waals surface area contributed by atoms with Crippen LogP contribution in [0.4, 0.5) is 15.8 Å². The molecule has 0 fully saturated rings. The van der Waals surface area contributed by atoms with Crippen molar-refractivity contribution in [1.82, 2.24) is 0 Å². The van der Waals surface area contributed by atoms with Gasteiger partial charge < -0.3 is 10.1 Å². The third-order valence-corrected chi connectivity index (χ3v) is 4.29. The molecule has 1 aromatic heterocycles. The molecule has 1 heterocycles. The van der Waals surface area contributed by atoms with Crippen LogP contribution in [0.1, 0.15) is 27.0 Å². The van der Waals surface area contributed by atoms with Gasteiger partial charge in [-0.3, -0.25) is 14.9 Å². The molecule has 1 atom stereocenters. The summed E-state index contributed by atoms with van der Waals surface area (Å²) in [7, 11) is 0. The van der Waals surface area contributed by atoms with Gasteiger partial charge in [-0.25, -0.2) is 4.79 Å². The molecular weight excluding hydrogens is 351 g/mol. The monoisotopic (exact) mass is 366 g/mol. The van der Waals surface area contributed by atoms with Crippen molar-refractivity contribution >= 4 is 34.6 Å². The number of nitrogens with zero attached hydrogens (tertiary/aromatic N) is 1.